The quantitative estimate of drug-likeness (QED) is 0.713. The van der Waals surface area contributed by atoms with E-state index in [4.69, 9.17) is 21.1 Å². The number of Topliss-reactive ketones (excluding diaryl/α,β-unsaturated/α-hetero) is 1. The zero-order valence-electron chi connectivity index (χ0n) is 15.6. The van der Waals surface area contributed by atoms with Crippen molar-refractivity contribution >= 4 is 17.4 Å². The number of rotatable bonds is 7. The summed E-state index contributed by atoms with van der Waals surface area (Å²) in [7, 11) is 0. The molecule has 5 nitrogen and oxygen atoms in total. The molecule has 0 amide bonds. The van der Waals surface area contributed by atoms with Crippen molar-refractivity contribution < 1.29 is 14.3 Å². The Balaban J connectivity index is 1.62. The van der Waals surface area contributed by atoms with Crippen molar-refractivity contribution in [3.05, 3.63) is 52.6 Å². The van der Waals surface area contributed by atoms with E-state index in [0.717, 1.165) is 37.1 Å². The van der Waals surface area contributed by atoms with Gasteiger partial charge in [0.05, 0.1) is 23.9 Å². The number of aryl methyl sites for hydroxylation is 1. The predicted octanol–water partition coefficient (Wildman–Crippen LogP) is 4.13. The highest BCUT2D eigenvalue weighted by Gasteiger charge is 2.16. The molecule has 0 spiro atoms. The number of halogens is 1. The summed E-state index contributed by atoms with van der Waals surface area (Å²) in [6.07, 6.45) is 8.40. The van der Waals surface area contributed by atoms with Crippen LogP contribution in [0.15, 0.2) is 30.6 Å². The van der Waals surface area contributed by atoms with Crippen LogP contribution in [-0.2, 0) is 22.4 Å². The maximum atomic E-state index is 12.5. The molecule has 6 heteroatoms. The lowest BCUT2D eigenvalue weighted by Gasteiger charge is -2.18. The minimum atomic E-state index is 0.0472. The monoisotopic (exact) mass is 388 g/mol. The van der Waals surface area contributed by atoms with E-state index in [1.165, 1.54) is 6.42 Å². The summed E-state index contributed by atoms with van der Waals surface area (Å²) in [5, 5.41) is 0.589. The number of carbonyl (C=O) groups excluding carboxylic acids is 1. The van der Waals surface area contributed by atoms with E-state index >= 15 is 0 Å². The SMILES string of the molecule is Cc1cnc(CC(=O)Cc2cc(Cl)ccc2OCC2CCCCCO2)cn1. The molecule has 0 radical (unpaired) electrons. The first-order valence-electron chi connectivity index (χ1n) is 9.42. The molecule has 0 saturated carbocycles. The van der Waals surface area contributed by atoms with Gasteiger partial charge in [-0.05, 0) is 38.0 Å². The van der Waals surface area contributed by atoms with Crippen molar-refractivity contribution in [3.63, 3.8) is 0 Å². The Morgan fingerprint density at radius 3 is 2.93 bits per heavy atom. The van der Waals surface area contributed by atoms with E-state index in [1.54, 1.807) is 24.5 Å². The maximum Gasteiger partial charge on any atom is 0.143 e. The third kappa shape index (κ3) is 6.29. The highest BCUT2D eigenvalue weighted by Crippen LogP contribution is 2.25. The molecule has 0 aliphatic carbocycles. The van der Waals surface area contributed by atoms with Crippen LogP contribution in [0, 0.1) is 6.92 Å². The molecule has 27 heavy (non-hydrogen) atoms. The number of ketones is 1. The second kappa shape index (κ2) is 9.81. The van der Waals surface area contributed by atoms with E-state index in [1.807, 2.05) is 13.0 Å². The summed E-state index contributed by atoms with van der Waals surface area (Å²) in [6, 6.07) is 5.40. The summed E-state index contributed by atoms with van der Waals surface area (Å²) in [6.45, 7) is 3.15. The fraction of sp³-hybridized carbons (Fsp3) is 0.476. The first-order chi connectivity index (χ1) is 13.1. The Labute approximate surface area is 165 Å². The molecule has 2 heterocycles. The summed E-state index contributed by atoms with van der Waals surface area (Å²) in [5.74, 6) is 0.738. The van der Waals surface area contributed by atoms with Gasteiger partial charge in [-0.3, -0.25) is 14.8 Å². The van der Waals surface area contributed by atoms with Crippen LogP contribution in [0.25, 0.3) is 0 Å². The molecule has 3 rings (SSSR count). The molecule has 1 saturated heterocycles. The average molecular weight is 389 g/mol. The molecule has 0 N–H and O–H groups in total. The van der Waals surface area contributed by atoms with Gasteiger partial charge in [0.1, 0.15) is 18.1 Å². The van der Waals surface area contributed by atoms with Gasteiger partial charge >= 0.3 is 0 Å². The lowest BCUT2D eigenvalue weighted by atomic mass is 10.0. The third-order valence-corrected chi connectivity index (χ3v) is 4.81. The number of aromatic nitrogens is 2. The minimum Gasteiger partial charge on any atom is -0.491 e. The number of ether oxygens (including phenoxy) is 2. The highest BCUT2D eigenvalue weighted by atomic mass is 35.5. The third-order valence-electron chi connectivity index (χ3n) is 4.57. The van der Waals surface area contributed by atoms with Crippen LogP contribution in [0.2, 0.25) is 5.02 Å². The van der Waals surface area contributed by atoms with E-state index in [-0.39, 0.29) is 24.7 Å². The fourth-order valence-electron chi connectivity index (χ4n) is 3.11. The van der Waals surface area contributed by atoms with Crippen LogP contribution >= 0.6 is 11.6 Å². The largest absolute Gasteiger partial charge is 0.491 e. The Morgan fingerprint density at radius 2 is 2.11 bits per heavy atom. The van der Waals surface area contributed by atoms with Gasteiger partial charge < -0.3 is 9.47 Å². The van der Waals surface area contributed by atoms with Gasteiger partial charge in [-0.25, -0.2) is 0 Å². The number of benzene rings is 1. The van der Waals surface area contributed by atoms with Crippen molar-refractivity contribution in [2.75, 3.05) is 13.2 Å². The molecule has 0 bridgehead atoms. The van der Waals surface area contributed by atoms with Gasteiger partial charge in [0.25, 0.3) is 0 Å². The predicted molar refractivity (Wildman–Crippen MR) is 104 cm³/mol. The van der Waals surface area contributed by atoms with Crippen LogP contribution in [0.4, 0.5) is 0 Å². The number of nitrogens with zero attached hydrogens (tertiary/aromatic N) is 2. The molecule has 1 aromatic carbocycles. The second-order valence-electron chi connectivity index (χ2n) is 6.95. The van der Waals surface area contributed by atoms with Gasteiger partial charge in [-0.2, -0.15) is 0 Å². The zero-order chi connectivity index (χ0) is 19.1. The molecule has 1 atom stereocenters. The average Bonchev–Trinajstić information content (AvgIpc) is 2.92. The van der Waals surface area contributed by atoms with Crippen molar-refractivity contribution in [2.45, 2.75) is 51.6 Å². The maximum absolute atomic E-state index is 12.5. The van der Waals surface area contributed by atoms with Crippen molar-refractivity contribution in [1.82, 2.24) is 9.97 Å². The summed E-state index contributed by atoms with van der Waals surface area (Å²) >= 11 is 6.13. The van der Waals surface area contributed by atoms with Crippen LogP contribution in [-0.4, -0.2) is 35.1 Å². The van der Waals surface area contributed by atoms with Crippen LogP contribution in [0.3, 0.4) is 0 Å². The van der Waals surface area contributed by atoms with Crippen LogP contribution in [0.1, 0.15) is 42.6 Å². The van der Waals surface area contributed by atoms with Crippen molar-refractivity contribution in [3.8, 4) is 5.75 Å². The Hall–Kier alpha value is -1.98. The molecular formula is C21H25ClN2O3. The number of hydrogen-bond acceptors (Lipinski definition) is 5. The summed E-state index contributed by atoms with van der Waals surface area (Å²) < 4.78 is 11.8. The number of carbonyl (C=O) groups is 1. The minimum absolute atomic E-state index is 0.0472. The Kier molecular flexibility index (Phi) is 7.18. The van der Waals surface area contributed by atoms with Crippen LogP contribution in [0.5, 0.6) is 5.75 Å². The second-order valence-corrected chi connectivity index (χ2v) is 7.38. The standard InChI is InChI=1S/C21H25ClN2O3/c1-15-12-24-18(13-23-15)11-19(25)10-16-9-17(22)6-7-21(16)27-14-20-5-3-2-4-8-26-20/h6-7,9,12-13,20H,2-5,8,10-11,14H2,1H3. The van der Waals surface area contributed by atoms with Gasteiger partial charge in [0.2, 0.25) is 0 Å². The van der Waals surface area contributed by atoms with E-state index < -0.39 is 0 Å². The Morgan fingerprint density at radius 1 is 1.22 bits per heavy atom. The van der Waals surface area contributed by atoms with Crippen LogP contribution < -0.4 is 4.74 Å². The lowest BCUT2D eigenvalue weighted by Crippen LogP contribution is -2.21. The molecule has 1 aliphatic rings. The smallest absolute Gasteiger partial charge is 0.143 e. The fourth-order valence-corrected chi connectivity index (χ4v) is 3.31. The van der Waals surface area contributed by atoms with Gasteiger partial charge in [-0.1, -0.05) is 24.4 Å². The van der Waals surface area contributed by atoms with Crippen molar-refractivity contribution in [1.29, 1.82) is 0 Å². The zero-order valence-corrected chi connectivity index (χ0v) is 16.4. The van der Waals surface area contributed by atoms with E-state index in [9.17, 15) is 4.79 Å². The molecule has 2 aromatic rings. The highest BCUT2D eigenvalue weighted by molar-refractivity contribution is 6.30. The first-order valence-corrected chi connectivity index (χ1v) is 9.80. The molecule has 1 unspecified atom stereocenters. The number of hydrogen-bond donors (Lipinski definition) is 0. The topological polar surface area (TPSA) is 61.3 Å². The summed E-state index contributed by atoms with van der Waals surface area (Å²) in [4.78, 5) is 20.9. The van der Waals surface area contributed by atoms with E-state index in [0.29, 0.717) is 23.1 Å². The van der Waals surface area contributed by atoms with E-state index in [2.05, 4.69) is 9.97 Å². The summed E-state index contributed by atoms with van der Waals surface area (Å²) in [5.41, 5.74) is 2.29. The lowest BCUT2D eigenvalue weighted by molar-refractivity contribution is -0.117. The molecule has 1 aliphatic heterocycles. The molecular weight excluding hydrogens is 364 g/mol. The Bertz CT molecular complexity index is 757. The molecule has 1 aromatic heterocycles. The molecule has 144 valence electrons. The van der Waals surface area contributed by atoms with Gasteiger partial charge in [0.15, 0.2) is 0 Å². The van der Waals surface area contributed by atoms with Gasteiger partial charge in [0, 0.05) is 36.0 Å². The van der Waals surface area contributed by atoms with Gasteiger partial charge in [-0.15, -0.1) is 0 Å². The molecule has 1 fully saturated rings. The normalized spacial score (nSPS) is 17.3. The first kappa shape index (κ1) is 19.8. The van der Waals surface area contributed by atoms with Crippen molar-refractivity contribution in [2.24, 2.45) is 0 Å².